The van der Waals surface area contributed by atoms with Crippen LogP contribution in [0, 0.1) is 12.0 Å². The summed E-state index contributed by atoms with van der Waals surface area (Å²) >= 11 is 0. The summed E-state index contributed by atoms with van der Waals surface area (Å²) in [6, 6.07) is 5.27. The van der Waals surface area contributed by atoms with Gasteiger partial charge in [-0.15, -0.1) is 0 Å². The Morgan fingerprint density at radius 3 is 2.72 bits per heavy atom. The Bertz CT molecular complexity index is 416. The zero-order chi connectivity index (χ0) is 13.8. The first-order valence-electron chi connectivity index (χ1n) is 5.31. The molecule has 0 saturated heterocycles. The predicted octanol–water partition coefficient (Wildman–Crippen LogP) is 3.71. The molecule has 0 heterocycles. The highest BCUT2D eigenvalue weighted by atomic mass is 19.4. The topological polar surface area (TPSA) is 38.3 Å². The molecule has 18 heavy (non-hydrogen) atoms. The number of hydrogen-bond acceptors (Lipinski definition) is 2. The van der Waals surface area contributed by atoms with Gasteiger partial charge in [0.25, 0.3) is 0 Å². The normalized spacial score (nSPS) is 11.4. The van der Waals surface area contributed by atoms with Crippen LogP contribution in [0.25, 0.3) is 0 Å². The van der Waals surface area contributed by atoms with E-state index in [1.54, 1.807) is 0 Å². The van der Waals surface area contributed by atoms with Crippen molar-refractivity contribution in [3.8, 4) is 0 Å². The maximum absolute atomic E-state index is 12.4. The average molecular weight is 260 g/mol. The maximum atomic E-state index is 12.4. The van der Waals surface area contributed by atoms with E-state index in [0.29, 0.717) is 0 Å². The lowest BCUT2D eigenvalue weighted by molar-refractivity contribution is -0.137. The summed E-state index contributed by atoms with van der Waals surface area (Å²) in [7, 11) is 0. The maximum Gasteiger partial charge on any atom is 0.417 e. The zero-order valence-electron chi connectivity index (χ0n) is 9.97. The lowest BCUT2D eigenvalue weighted by atomic mass is 10.2. The van der Waals surface area contributed by atoms with Crippen molar-refractivity contribution in [3.63, 3.8) is 0 Å². The summed E-state index contributed by atoms with van der Waals surface area (Å²) in [5, 5.41) is 2.23. The molecule has 0 aliphatic heterocycles. The van der Waals surface area contributed by atoms with E-state index in [1.165, 1.54) is 6.07 Å². The first kappa shape index (κ1) is 14.3. The third kappa shape index (κ3) is 4.65. The molecule has 0 fully saturated rings. The van der Waals surface area contributed by atoms with Crippen LogP contribution in [0.4, 0.5) is 23.7 Å². The van der Waals surface area contributed by atoms with Crippen LogP contribution < -0.4 is 5.32 Å². The highest BCUT2D eigenvalue weighted by Crippen LogP contribution is 2.30. The highest BCUT2D eigenvalue weighted by Gasteiger charge is 2.30. The second-order valence-electron chi connectivity index (χ2n) is 4.11. The largest absolute Gasteiger partial charge is 0.449 e. The van der Waals surface area contributed by atoms with E-state index in [1.807, 2.05) is 13.8 Å². The Hall–Kier alpha value is -1.72. The van der Waals surface area contributed by atoms with Gasteiger partial charge in [-0.1, -0.05) is 19.9 Å². The first-order chi connectivity index (χ1) is 8.29. The standard InChI is InChI=1S/C12H13F3NO2/c1-8(2)7-18-11(17)16-10-5-3-4-9(6-10)12(13,14)15/h3,5-6,8H,7H2,1-2H3,(H,16,17). The minimum atomic E-state index is -4.49. The van der Waals surface area contributed by atoms with Gasteiger partial charge in [0.2, 0.25) is 0 Å². The van der Waals surface area contributed by atoms with E-state index in [-0.39, 0.29) is 18.2 Å². The Morgan fingerprint density at radius 1 is 1.50 bits per heavy atom. The number of carbonyl (C=O) groups excluding carboxylic acids is 1. The van der Waals surface area contributed by atoms with Gasteiger partial charge in [0.1, 0.15) is 0 Å². The van der Waals surface area contributed by atoms with Crippen LogP contribution in [0.5, 0.6) is 0 Å². The molecule has 0 saturated carbocycles. The Labute approximate surface area is 103 Å². The summed E-state index contributed by atoms with van der Waals surface area (Å²) in [5.41, 5.74) is -0.918. The van der Waals surface area contributed by atoms with Crippen LogP contribution in [-0.4, -0.2) is 12.7 Å². The van der Waals surface area contributed by atoms with Gasteiger partial charge < -0.3 is 4.74 Å². The zero-order valence-corrected chi connectivity index (χ0v) is 9.97. The van der Waals surface area contributed by atoms with Crippen LogP contribution in [0.15, 0.2) is 18.2 Å². The number of anilines is 1. The third-order valence-corrected chi connectivity index (χ3v) is 1.90. The van der Waals surface area contributed by atoms with Crippen LogP contribution in [0.1, 0.15) is 19.4 Å². The molecule has 1 aromatic carbocycles. The minimum absolute atomic E-state index is 0.0230. The van der Waals surface area contributed by atoms with Gasteiger partial charge in [0, 0.05) is 5.69 Å². The van der Waals surface area contributed by atoms with E-state index in [0.717, 1.165) is 12.1 Å². The van der Waals surface area contributed by atoms with E-state index < -0.39 is 17.8 Å². The summed E-state index contributed by atoms with van der Waals surface area (Å²) in [4.78, 5) is 11.3. The molecule has 99 valence electrons. The Kier molecular flexibility index (Phi) is 4.58. The number of amides is 1. The predicted molar refractivity (Wildman–Crippen MR) is 60.1 cm³/mol. The number of hydrogen-bond donors (Lipinski definition) is 1. The fraction of sp³-hybridized carbons (Fsp3) is 0.417. The molecule has 1 N–H and O–H groups in total. The average Bonchev–Trinajstić information content (AvgIpc) is 2.25. The minimum Gasteiger partial charge on any atom is -0.449 e. The molecule has 0 unspecified atom stereocenters. The van der Waals surface area contributed by atoms with Gasteiger partial charge in [-0.3, -0.25) is 5.32 Å². The van der Waals surface area contributed by atoms with E-state index in [2.05, 4.69) is 11.4 Å². The van der Waals surface area contributed by atoms with Crippen LogP contribution in [-0.2, 0) is 10.9 Å². The number of alkyl halides is 3. The quantitative estimate of drug-likeness (QED) is 0.899. The van der Waals surface area contributed by atoms with Crippen molar-refractivity contribution in [1.29, 1.82) is 0 Å². The van der Waals surface area contributed by atoms with E-state index in [9.17, 15) is 18.0 Å². The monoisotopic (exact) mass is 260 g/mol. The van der Waals surface area contributed by atoms with Gasteiger partial charge >= 0.3 is 12.3 Å². The van der Waals surface area contributed by atoms with Gasteiger partial charge in [0.15, 0.2) is 0 Å². The first-order valence-corrected chi connectivity index (χ1v) is 5.31. The van der Waals surface area contributed by atoms with Crippen LogP contribution >= 0.6 is 0 Å². The molecule has 1 rings (SSSR count). The van der Waals surface area contributed by atoms with Crippen molar-refractivity contribution in [2.45, 2.75) is 20.0 Å². The molecule has 0 bridgehead atoms. The van der Waals surface area contributed by atoms with Crippen molar-refractivity contribution in [3.05, 3.63) is 29.8 Å². The molecular formula is C12H13F3NO2. The molecule has 0 spiro atoms. The number of benzene rings is 1. The second-order valence-corrected chi connectivity index (χ2v) is 4.11. The van der Waals surface area contributed by atoms with Crippen molar-refractivity contribution >= 4 is 11.8 Å². The molecule has 3 nitrogen and oxygen atoms in total. The van der Waals surface area contributed by atoms with Crippen molar-refractivity contribution < 1.29 is 22.7 Å². The van der Waals surface area contributed by atoms with Crippen molar-refractivity contribution in [2.75, 3.05) is 11.9 Å². The van der Waals surface area contributed by atoms with Crippen molar-refractivity contribution in [1.82, 2.24) is 0 Å². The molecule has 0 atom stereocenters. The van der Waals surface area contributed by atoms with Crippen LogP contribution in [0.3, 0.4) is 0 Å². The summed E-state index contributed by atoms with van der Waals surface area (Å²) in [6.07, 6.45) is -5.26. The highest BCUT2D eigenvalue weighted by molar-refractivity contribution is 5.84. The number of nitrogens with one attached hydrogen (secondary N) is 1. The molecular weight excluding hydrogens is 247 g/mol. The molecule has 1 radical (unpaired) electrons. The Morgan fingerprint density at radius 2 is 2.17 bits per heavy atom. The van der Waals surface area contributed by atoms with Gasteiger partial charge in [-0.05, 0) is 24.1 Å². The van der Waals surface area contributed by atoms with Crippen LogP contribution in [0.2, 0.25) is 0 Å². The van der Waals surface area contributed by atoms with Gasteiger partial charge in [-0.25, -0.2) is 4.79 Å². The number of halogens is 3. The molecule has 1 amide bonds. The van der Waals surface area contributed by atoms with Gasteiger partial charge in [0.05, 0.1) is 12.2 Å². The molecule has 0 aliphatic carbocycles. The number of rotatable bonds is 3. The smallest absolute Gasteiger partial charge is 0.417 e. The number of ether oxygens (including phenoxy) is 1. The summed E-state index contributed by atoms with van der Waals surface area (Å²) < 4.78 is 41.9. The van der Waals surface area contributed by atoms with Gasteiger partial charge in [-0.2, -0.15) is 13.2 Å². The third-order valence-electron chi connectivity index (χ3n) is 1.90. The molecule has 1 aromatic rings. The Balaban J connectivity index is 2.65. The fourth-order valence-electron chi connectivity index (χ4n) is 1.10. The lowest BCUT2D eigenvalue weighted by Crippen LogP contribution is -2.17. The molecule has 6 heteroatoms. The summed E-state index contributed by atoms with van der Waals surface area (Å²) in [5.74, 6) is 0.158. The molecule has 0 aliphatic rings. The lowest BCUT2D eigenvalue weighted by Gasteiger charge is -2.10. The second kappa shape index (κ2) is 5.75. The SMILES string of the molecule is CC(C)COC(=O)Nc1cc[c]c(C(F)(F)F)c1. The summed E-state index contributed by atoms with van der Waals surface area (Å²) in [6.45, 7) is 3.91. The van der Waals surface area contributed by atoms with Crippen molar-refractivity contribution in [2.24, 2.45) is 5.92 Å². The van der Waals surface area contributed by atoms with E-state index >= 15 is 0 Å². The molecule has 0 aromatic heterocycles. The number of carbonyl (C=O) groups is 1. The van der Waals surface area contributed by atoms with E-state index in [4.69, 9.17) is 4.74 Å². The fourth-order valence-corrected chi connectivity index (χ4v) is 1.10.